The Kier molecular flexibility index (Phi) is 9.00. The summed E-state index contributed by atoms with van der Waals surface area (Å²) in [7, 11) is 0. The van der Waals surface area contributed by atoms with Gasteiger partial charge in [0.2, 0.25) is 0 Å². The lowest BCUT2D eigenvalue weighted by Gasteiger charge is -2.35. The molecule has 3 aromatic rings. The number of halogens is 7. The minimum absolute atomic E-state index is 0.106. The minimum Gasteiger partial charge on any atom is -0.383 e. The maximum Gasteiger partial charge on any atom is 0.420 e. The van der Waals surface area contributed by atoms with E-state index in [1.807, 2.05) is 5.32 Å². The van der Waals surface area contributed by atoms with Gasteiger partial charge < -0.3 is 21.1 Å². The second-order valence-corrected chi connectivity index (χ2v) is 9.32. The number of carbonyl (C=O) groups is 2. The molecule has 8 nitrogen and oxygen atoms in total. The molecule has 0 spiro atoms. The number of aromatic nitrogens is 2. The number of amides is 2. The van der Waals surface area contributed by atoms with Crippen LogP contribution < -0.4 is 11.1 Å². The van der Waals surface area contributed by atoms with E-state index in [-0.39, 0.29) is 32.1 Å². The third-order valence-corrected chi connectivity index (χ3v) is 6.44. The average molecular weight is 625 g/mol. The van der Waals surface area contributed by atoms with E-state index in [2.05, 4.69) is 21.0 Å². The van der Waals surface area contributed by atoms with Crippen LogP contribution in [0.5, 0.6) is 0 Å². The molecule has 1 unspecified atom stereocenters. The predicted molar refractivity (Wildman–Crippen MR) is 132 cm³/mol. The molecule has 0 radical (unpaired) electrons. The molecule has 204 valence electrons. The van der Waals surface area contributed by atoms with E-state index < -0.39 is 55.7 Å². The molecule has 3 rings (SSSR count). The van der Waals surface area contributed by atoms with E-state index >= 15 is 0 Å². The average Bonchev–Trinajstić information content (AvgIpc) is 3.23. The van der Waals surface area contributed by atoms with Crippen LogP contribution in [0.2, 0.25) is 5.02 Å². The van der Waals surface area contributed by atoms with Crippen molar-refractivity contribution in [3.05, 3.63) is 75.1 Å². The number of anilines is 1. The fraction of sp³-hybridized carbons (Fsp3) is 0.261. The van der Waals surface area contributed by atoms with Crippen molar-refractivity contribution in [1.29, 1.82) is 0 Å². The Morgan fingerprint density at radius 3 is 2.42 bits per heavy atom. The van der Waals surface area contributed by atoms with E-state index in [9.17, 15) is 36.6 Å². The molecule has 0 aliphatic carbocycles. The maximum absolute atomic E-state index is 14.0. The van der Waals surface area contributed by atoms with Crippen LogP contribution in [0, 0.1) is 5.82 Å². The van der Waals surface area contributed by atoms with Gasteiger partial charge in [-0.1, -0.05) is 17.7 Å². The van der Waals surface area contributed by atoms with Crippen molar-refractivity contribution < 1.29 is 36.6 Å². The lowest BCUT2D eigenvalue weighted by Crippen LogP contribution is -2.60. The minimum atomic E-state index is -5.35. The van der Waals surface area contributed by atoms with E-state index in [1.165, 1.54) is 30.3 Å². The Hall–Kier alpha value is -3.23. The molecule has 0 aliphatic heterocycles. The van der Waals surface area contributed by atoms with Gasteiger partial charge in [0, 0.05) is 11.0 Å². The van der Waals surface area contributed by atoms with Gasteiger partial charge in [-0.05, 0) is 52.3 Å². The van der Waals surface area contributed by atoms with Gasteiger partial charge in [-0.2, -0.15) is 18.3 Å². The first-order valence-corrected chi connectivity index (χ1v) is 11.9. The van der Waals surface area contributed by atoms with Gasteiger partial charge in [-0.15, -0.1) is 0 Å². The number of nitrogens with one attached hydrogen (secondary N) is 1. The number of benzene rings is 2. The third kappa shape index (κ3) is 6.25. The molecule has 0 saturated heterocycles. The van der Waals surface area contributed by atoms with E-state index in [1.54, 1.807) is 0 Å². The Bertz CT molecular complexity index is 1300. The lowest BCUT2D eigenvalue weighted by atomic mass is 10.0. The van der Waals surface area contributed by atoms with Gasteiger partial charge in [0.05, 0.1) is 35.6 Å². The highest BCUT2D eigenvalue weighted by molar-refractivity contribution is 9.10. The summed E-state index contributed by atoms with van der Waals surface area (Å²) in [6, 6.07) is 9.08. The molecule has 0 fully saturated rings. The largest absolute Gasteiger partial charge is 0.420 e. The van der Waals surface area contributed by atoms with Crippen molar-refractivity contribution in [1.82, 2.24) is 20.0 Å². The molecular weight excluding hydrogens is 605 g/mol. The zero-order valence-electron chi connectivity index (χ0n) is 19.3. The van der Waals surface area contributed by atoms with Crippen LogP contribution in [0.4, 0.5) is 27.8 Å². The first kappa shape index (κ1) is 29.3. The van der Waals surface area contributed by atoms with Crippen LogP contribution in [0.3, 0.4) is 0 Å². The number of aliphatic hydroxyl groups is 1. The van der Waals surface area contributed by atoms with E-state index in [0.717, 1.165) is 23.0 Å². The van der Waals surface area contributed by atoms with Crippen molar-refractivity contribution in [3.63, 3.8) is 0 Å². The first-order valence-electron chi connectivity index (χ1n) is 10.7. The number of alkyl halides is 4. The lowest BCUT2D eigenvalue weighted by molar-refractivity contribution is -0.260. The molecule has 38 heavy (non-hydrogen) atoms. The highest BCUT2D eigenvalue weighted by Gasteiger charge is 2.55. The van der Waals surface area contributed by atoms with Crippen LogP contribution in [0.15, 0.2) is 53.1 Å². The zero-order valence-corrected chi connectivity index (χ0v) is 21.6. The second kappa shape index (κ2) is 11.7. The molecular formula is C23H20BrClF5N5O3. The summed E-state index contributed by atoms with van der Waals surface area (Å²) in [6.45, 7) is -4.83. The topological polar surface area (TPSA) is 113 Å². The van der Waals surface area contributed by atoms with Gasteiger partial charge in [-0.3, -0.25) is 9.59 Å². The monoisotopic (exact) mass is 623 g/mol. The highest BCUT2D eigenvalue weighted by atomic mass is 79.9. The Morgan fingerprint density at radius 1 is 1.18 bits per heavy atom. The van der Waals surface area contributed by atoms with Crippen LogP contribution >= 0.6 is 27.5 Å². The Labute approximate surface area is 226 Å². The van der Waals surface area contributed by atoms with Crippen molar-refractivity contribution in [2.45, 2.75) is 11.8 Å². The van der Waals surface area contributed by atoms with Crippen LogP contribution in [-0.4, -0.2) is 69.7 Å². The summed E-state index contributed by atoms with van der Waals surface area (Å²) < 4.78 is 69.5. The SMILES string of the molecule is Nc1c(C(=O)NCC(O)(CN(CCF)C(=O)c2c(Cl)cccc2Br)C(F)(F)F)cnn1-c1ccc(F)cc1. The fourth-order valence-electron chi connectivity index (χ4n) is 3.42. The van der Waals surface area contributed by atoms with Gasteiger partial charge in [0.15, 0.2) is 5.60 Å². The van der Waals surface area contributed by atoms with Gasteiger partial charge >= 0.3 is 6.18 Å². The molecule has 1 heterocycles. The zero-order chi connectivity index (χ0) is 28.3. The summed E-state index contributed by atoms with van der Waals surface area (Å²) in [4.78, 5) is 26.1. The van der Waals surface area contributed by atoms with Crippen molar-refractivity contribution in [2.24, 2.45) is 0 Å². The van der Waals surface area contributed by atoms with Crippen molar-refractivity contribution >= 4 is 45.2 Å². The number of carbonyl (C=O) groups excluding carboxylic acids is 2. The molecule has 2 amide bonds. The van der Waals surface area contributed by atoms with Crippen LogP contribution in [0.1, 0.15) is 20.7 Å². The summed E-state index contributed by atoms with van der Waals surface area (Å²) in [6.07, 6.45) is -4.37. The predicted octanol–water partition coefficient (Wildman–Crippen LogP) is 4.14. The van der Waals surface area contributed by atoms with Crippen LogP contribution in [-0.2, 0) is 0 Å². The number of nitrogens with zero attached hydrogens (tertiary/aromatic N) is 3. The molecule has 4 N–H and O–H groups in total. The number of hydrogen-bond donors (Lipinski definition) is 3. The van der Waals surface area contributed by atoms with Crippen LogP contribution in [0.25, 0.3) is 5.69 Å². The smallest absolute Gasteiger partial charge is 0.383 e. The molecule has 1 aromatic heterocycles. The summed E-state index contributed by atoms with van der Waals surface area (Å²) >= 11 is 9.10. The summed E-state index contributed by atoms with van der Waals surface area (Å²) in [5.41, 5.74) is 1.95. The van der Waals surface area contributed by atoms with Crippen molar-refractivity contribution in [3.8, 4) is 5.69 Å². The van der Waals surface area contributed by atoms with Gasteiger partial charge in [0.25, 0.3) is 11.8 Å². The number of rotatable bonds is 9. The number of nitrogens with two attached hydrogens (primary N) is 1. The summed E-state index contributed by atoms with van der Waals surface area (Å²) in [5, 5.41) is 16.3. The van der Waals surface area contributed by atoms with Crippen molar-refractivity contribution in [2.75, 3.05) is 32.0 Å². The molecule has 2 aromatic carbocycles. The first-order chi connectivity index (χ1) is 17.8. The normalized spacial score (nSPS) is 13.2. The molecule has 15 heteroatoms. The molecule has 0 saturated carbocycles. The second-order valence-electron chi connectivity index (χ2n) is 8.06. The Balaban J connectivity index is 1.83. The fourth-order valence-corrected chi connectivity index (χ4v) is 4.32. The molecule has 0 bridgehead atoms. The molecule has 0 aliphatic rings. The summed E-state index contributed by atoms with van der Waals surface area (Å²) in [5.74, 6) is -2.98. The quantitative estimate of drug-likeness (QED) is 0.310. The van der Waals surface area contributed by atoms with Gasteiger partial charge in [-0.25, -0.2) is 13.5 Å². The highest BCUT2D eigenvalue weighted by Crippen LogP contribution is 2.33. The number of hydrogen-bond acceptors (Lipinski definition) is 5. The molecule has 1 atom stereocenters. The van der Waals surface area contributed by atoms with Gasteiger partial charge in [0.1, 0.15) is 23.9 Å². The third-order valence-electron chi connectivity index (χ3n) is 5.46. The number of nitrogen functional groups attached to an aromatic ring is 1. The standard InChI is InChI=1S/C23H20BrClF5N5O3/c24-16-2-1-3-17(25)18(16)21(37)34(9-8-26)12-22(38,23(28,29)30)11-32-20(36)15-10-33-35(19(15)31)14-6-4-13(27)5-7-14/h1-7,10,38H,8-9,11-12,31H2,(H,32,36). The van der Waals surface area contributed by atoms with E-state index in [0.29, 0.717) is 4.90 Å². The maximum atomic E-state index is 14.0. The Morgan fingerprint density at radius 2 is 1.84 bits per heavy atom. The van der Waals surface area contributed by atoms with E-state index in [4.69, 9.17) is 17.3 Å².